The Labute approximate surface area is 86.5 Å². The molecule has 1 saturated heterocycles. The van der Waals surface area contributed by atoms with E-state index in [0.717, 1.165) is 6.54 Å². The van der Waals surface area contributed by atoms with Crippen molar-refractivity contribution in [1.29, 1.82) is 0 Å². The molecule has 14 heavy (non-hydrogen) atoms. The second-order valence-electron chi connectivity index (χ2n) is 3.89. The van der Waals surface area contributed by atoms with Gasteiger partial charge in [0, 0.05) is 13.2 Å². The zero-order valence-corrected chi connectivity index (χ0v) is 9.29. The quantitative estimate of drug-likeness (QED) is 0.524. The molecule has 1 heterocycles. The molecule has 4 heteroatoms. The molecule has 1 rings (SSSR count). The van der Waals surface area contributed by atoms with Crippen molar-refractivity contribution in [2.75, 3.05) is 40.5 Å². The van der Waals surface area contributed by atoms with Crippen LogP contribution >= 0.6 is 0 Å². The predicted molar refractivity (Wildman–Crippen MR) is 56.1 cm³/mol. The van der Waals surface area contributed by atoms with Gasteiger partial charge in [0.15, 0.2) is 0 Å². The van der Waals surface area contributed by atoms with Gasteiger partial charge in [-0.1, -0.05) is 0 Å². The monoisotopic (exact) mass is 202 g/mol. The van der Waals surface area contributed by atoms with Crippen molar-refractivity contribution in [1.82, 2.24) is 10.4 Å². The van der Waals surface area contributed by atoms with Crippen molar-refractivity contribution < 1.29 is 9.57 Å². The maximum Gasteiger partial charge on any atom is 0.0915 e. The fraction of sp³-hybridized carbons (Fsp3) is 1.00. The smallest absolute Gasteiger partial charge is 0.0915 e. The summed E-state index contributed by atoms with van der Waals surface area (Å²) in [4.78, 5) is 7.68. The molecule has 1 aliphatic heterocycles. The molecule has 0 aliphatic carbocycles. The molecular formula is C10H22N2O2. The Hall–Kier alpha value is -0.160. The van der Waals surface area contributed by atoms with E-state index in [1.54, 1.807) is 7.11 Å². The fourth-order valence-electron chi connectivity index (χ4n) is 1.66. The molecule has 0 bridgehead atoms. The van der Waals surface area contributed by atoms with Crippen molar-refractivity contribution in [2.24, 2.45) is 0 Å². The highest BCUT2D eigenvalue weighted by Gasteiger charge is 2.13. The van der Waals surface area contributed by atoms with Gasteiger partial charge < -0.3 is 9.64 Å². The van der Waals surface area contributed by atoms with Crippen LogP contribution in [0.15, 0.2) is 0 Å². The molecule has 0 radical (unpaired) electrons. The fourth-order valence-corrected chi connectivity index (χ4v) is 1.66. The summed E-state index contributed by atoms with van der Waals surface area (Å²) in [6, 6.07) is 0.511. The highest BCUT2D eigenvalue weighted by atomic mass is 16.7. The topological polar surface area (TPSA) is 33.7 Å². The number of ether oxygens (including phenoxy) is 1. The summed E-state index contributed by atoms with van der Waals surface area (Å²) in [5.74, 6) is 0. The Bertz CT molecular complexity index is 144. The average molecular weight is 202 g/mol. The number of hydroxylamine groups is 1. The zero-order chi connectivity index (χ0) is 10.2. The van der Waals surface area contributed by atoms with E-state index in [9.17, 15) is 0 Å². The molecule has 4 nitrogen and oxygen atoms in total. The molecule has 0 aromatic heterocycles. The summed E-state index contributed by atoms with van der Waals surface area (Å²) in [5.41, 5.74) is 3.11. The lowest BCUT2D eigenvalue weighted by Crippen LogP contribution is -2.31. The highest BCUT2D eigenvalue weighted by molar-refractivity contribution is 4.70. The van der Waals surface area contributed by atoms with Gasteiger partial charge in [0.2, 0.25) is 0 Å². The van der Waals surface area contributed by atoms with Gasteiger partial charge in [-0.05, 0) is 39.4 Å². The first-order chi connectivity index (χ1) is 6.83. The number of methoxy groups -OCH3 is 1. The first kappa shape index (κ1) is 11.9. The van der Waals surface area contributed by atoms with Gasteiger partial charge in [0.05, 0.1) is 13.2 Å². The van der Waals surface area contributed by atoms with E-state index in [0.29, 0.717) is 19.3 Å². The van der Waals surface area contributed by atoms with Gasteiger partial charge in [-0.15, -0.1) is 0 Å². The molecule has 0 aromatic carbocycles. The summed E-state index contributed by atoms with van der Waals surface area (Å²) < 4.78 is 4.90. The largest absolute Gasteiger partial charge is 0.382 e. The van der Waals surface area contributed by atoms with Gasteiger partial charge in [-0.25, -0.2) is 0 Å². The first-order valence-electron chi connectivity index (χ1n) is 5.37. The molecule has 1 aliphatic rings. The summed E-state index contributed by atoms with van der Waals surface area (Å²) in [7, 11) is 3.86. The van der Waals surface area contributed by atoms with Crippen LogP contribution in [-0.4, -0.2) is 51.4 Å². The van der Waals surface area contributed by atoms with Crippen LogP contribution in [0.4, 0.5) is 0 Å². The van der Waals surface area contributed by atoms with Gasteiger partial charge in [-0.2, -0.15) is 5.48 Å². The molecule has 84 valence electrons. The first-order valence-corrected chi connectivity index (χ1v) is 5.37. The molecule has 0 spiro atoms. The van der Waals surface area contributed by atoms with Crippen LogP contribution in [0.1, 0.15) is 19.3 Å². The summed E-state index contributed by atoms with van der Waals surface area (Å²) in [5, 5.41) is 0. The van der Waals surface area contributed by atoms with Crippen LogP contribution in [0.3, 0.4) is 0 Å². The van der Waals surface area contributed by atoms with E-state index in [-0.39, 0.29) is 0 Å². The van der Waals surface area contributed by atoms with Crippen molar-refractivity contribution in [2.45, 2.75) is 25.3 Å². The lowest BCUT2D eigenvalue weighted by Gasteiger charge is -2.16. The minimum Gasteiger partial charge on any atom is -0.382 e. The third-order valence-corrected chi connectivity index (χ3v) is 2.59. The summed E-state index contributed by atoms with van der Waals surface area (Å²) in [6.45, 7) is 3.64. The standard InChI is InChI=1S/C10H22N2O2/c1-12-6-3-4-10(5-7-12)11-14-9-8-13-2/h10-11H,3-9H2,1-2H3. The second kappa shape index (κ2) is 7.17. The zero-order valence-electron chi connectivity index (χ0n) is 9.29. The Morgan fingerprint density at radius 1 is 1.29 bits per heavy atom. The maximum atomic E-state index is 5.31. The van der Waals surface area contributed by atoms with Crippen molar-refractivity contribution in [3.8, 4) is 0 Å². The number of hydrogen-bond acceptors (Lipinski definition) is 4. The number of likely N-dealkylation sites (tertiary alicyclic amines) is 1. The maximum absolute atomic E-state index is 5.31. The van der Waals surface area contributed by atoms with E-state index < -0.39 is 0 Å². The molecule has 1 N–H and O–H groups in total. The lowest BCUT2D eigenvalue weighted by atomic mass is 10.1. The minimum absolute atomic E-state index is 0.511. The number of hydrogen-bond donors (Lipinski definition) is 1. The van der Waals surface area contributed by atoms with Gasteiger partial charge in [-0.3, -0.25) is 4.84 Å². The van der Waals surface area contributed by atoms with Gasteiger partial charge in [0.25, 0.3) is 0 Å². The van der Waals surface area contributed by atoms with Crippen LogP contribution in [-0.2, 0) is 9.57 Å². The van der Waals surface area contributed by atoms with E-state index in [4.69, 9.17) is 9.57 Å². The molecule has 1 unspecified atom stereocenters. The summed E-state index contributed by atoms with van der Waals surface area (Å²) in [6.07, 6.45) is 3.63. The third-order valence-electron chi connectivity index (χ3n) is 2.59. The van der Waals surface area contributed by atoms with E-state index in [1.165, 1.54) is 25.8 Å². The highest BCUT2D eigenvalue weighted by Crippen LogP contribution is 2.09. The molecule has 1 fully saturated rings. The van der Waals surface area contributed by atoms with Crippen molar-refractivity contribution in [3.05, 3.63) is 0 Å². The van der Waals surface area contributed by atoms with E-state index in [2.05, 4.69) is 17.4 Å². The molecule has 1 atom stereocenters. The normalized spacial score (nSPS) is 24.9. The van der Waals surface area contributed by atoms with Gasteiger partial charge >= 0.3 is 0 Å². The van der Waals surface area contributed by atoms with Crippen LogP contribution in [0.2, 0.25) is 0 Å². The van der Waals surface area contributed by atoms with Crippen molar-refractivity contribution >= 4 is 0 Å². The number of nitrogens with zero attached hydrogens (tertiary/aromatic N) is 1. The third kappa shape index (κ3) is 4.91. The average Bonchev–Trinajstić information content (AvgIpc) is 2.38. The Morgan fingerprint density at radius 3 is 2.93 bits per heavy atom. The van der Waals surface area contributed by atoms with Crippen LogP contribution in [0.5, 0.6) is 0 Å². The van der Waals surface area contributed by atoms with Crippen LogP contribution < -0.4 is 5.48 Å². The van der Waals surface area contributed by atoms with Crippen LogP contribution in [0.25, 0.3) is 0 Å². The molecule has 0 amide bonds. The Kier molecular flexibility index (Phi) is 6.10. The molecule has 0 saturated carbocycles. The van der Waals surface area contributed by atoms with E-state index in [1.807, 2.05) is 0 Å². The molecule has 0 aromatic rings. The molecular weight excluding hydrogens is 180 g/mol. The van der Waals surface area contributed by atoms with Crippen molar-refractivity contribution in [3.63, 3.8) is 0 Å². The summed E-state index contributed by atoms with van der Waals surface area (Å²) >= 11 is 0. The lowest BCUT2D eigenvalue weighted by molar-refractivity contribution is -0.0141. The van der Waals surface area contributed by atoms with E-state index >= 15 is 0 Å². The number of rotatable bonds is 5. The number of nitrogens with one attached hydrogen (secondary N) is 1. The second-order valence-corrected chi connectivity index (χ2v) is 3.89. The Balaban J connectivity index is 2.05. The Morgan fingerprint density at radius 2 is 2.14 bits per heavy atom. The minimum atomic E-state index is 0.511. The van der Waals surface area contributed by atoms with Crippen LogP contribution in [0, 0.1) is 0 Å². The van der Waals surface area contributed by atoms with Gasteiger partial charge in [0.1, 0.15) is 0 Å². The predicted octanol–water partition coefficient (Wildman–Crippen LogP) is 0.638. The SMILES string of the molecule is COCCONC1CCCN(C)CC1.